The average molecular weight is 280 g/mol. The van der Waals surface area contributed by atoms with E-state index in [0.29, 0.717) is 0 Å². The van der Waals surface area contributed by atoms with Gasteiger partial charge in [-0.25, -0.2) is 0 Å². The van der Waals surface area contributed by atoms with Gasteiger partial charge in [0.2, 0.25) is 0 Å². The minimum Gasteiger partial charge on any atom is -0.383 e. The summed E-state index contributed by atoms with van der Waals surface area (Å²) in [6, 6.07) is 0. The minimum absolute atomic E-state index is 0.835. The quantitative estimate of drug-likeness (QED) is 0.786. The molecule has 1 aliphatic rings. The monoisotopic (exact) mass is 280 g/mol. The number of methoxy groups -OCH3 is 1. The number of rotatable bonds is 6. The molecule has 0 saturated carbocycles. The third-order valence-corrected chi connectivity index (χ3v) is 4.29. The summed E-state index contributed by atoms with van der Waals surface area (Å²) < 4.78 is 7.26. The summed E-state index contributed by atoms with van der Waals surface area (Å²) >= 11 is 0. The Hall–Kier alpha value is -0.910. The highest BCUT2D eigenvalue weighted by atomic mass is 16.5. The van der Waals surface area contributed by atoms with Gasteiger partial charge in [0.15, 0.2) is 0 Å². The van der Waals surface area contributed by atoms with E-state index in [1.807, 2.05) is 0 Å². The number of ether oxygens (including phenoxy) is 1. The fourth-order valence-corrected chi connectivity index (χ4v) is 2.89. The van der Waals surface area contributed by atoms with Gasteiger partial charge in [0.25, 0.3) is 0 Å². The van der Waals surface area contributed by atoms with E-state index in [-0.39, 0.29) is 0 Å². The Bertz CT molecular complexity index is 422. The van der Waals surface area contributed by atoms with Crippen LogP contribution in [0.25, 0.3) is 0 Å². The Balaban J connectivity index is 1.88. The first-order valence-corrected chi connectivity index (χ1v) is 7.62. The van der Waals surface area contributed by atoms with Crippen molar-refractivity contribution < 1.29 is 4.74 Å². The normalized spacial score (nSPS) is 17.8. The van der Waals surface area contributed by atoms with Gasteiger partial charge < -0.3 is 4.74 Å². The molecule has 0 aliphatic carbocycles. The van der Waals surface area contributed by atoms with E-state index in [1.54, 1.807) is 7.11 Å². The molecule has 1 fully saturated rings. The average Bonchev–Trinajstić information content (AvgIpc) is 2.74. The van der Waals surface area contributed by atoms with Gasteiger partial charge in [-0.05, 0) is 20.8 Å². The highest BCUT2D eigenvalue weighted by Crippen LogP contribution is 2.16. The second kappa shape index (κ2) is 7.20. The number of piperazine rings is 1. The van der Waals surface area contributed by atoms with E-state index in [9.17, 15) is 0 Å². The van der Waals surface area contributed by atoms with Gasteiger partial charge in [0.05, 0.1) is 12.3 Å². The lowest BCUT2D eigenvalue weighted by Crippen LogP contribution is -2.46. The Morgan fingerprint density at radius 3 is 2.30 bits per heavy atom. The van der Waals surface area contributed by atoms with Gasteiger partial charge in [-0.2, -0.15) is 5.10 Å². The summed E-state index contributed by atoms with van der Waals surface area (Å²) in [7, 11) is 1.77. The fraction of sp³-hybridized carbons (Fsp3) is 0.800. The van der Waals surface area contributed by atoms with Crippen LogP contribution in [-0.2, 0) is 17.8 Å². The fourth-order valence-electron chi connectivity index (χ4n) is 2.89. The van der Waals surface area contributed by atoms with Crippen molar-refractivity contribution in [2.75, 3.05) is 46.4 Å². The SMILES string of the molecule is CCn1nc(C)c(CN2CCN(CCOC)CC2)c1C. The molecule has 2 rings (SSSR count). The van der Waals surface area contributed by atoms with E-state index >= 15 is 0 Å². The van der Waals surface area contributed by atoms with Gasteiger partial charge in [0, 0.05) is 64.2 Å². The van der Waals surface area contributed by atoms with E-state index in [0.717, 1.165) is 52.4 Å². The van der Waals surface area contributed by atoms with Crippen molar-refractivity contribution in [2.24, 2.45) is 0 Å². The number of aryl methyl sites for hydroxylation is 2. The molecule has 114 valence electrons. The third kappa shape index (κ3) is 3.59. The Morgan fingerprint density at radius 1 is 1.10 bits per heavy atom. The maximum absolute atomic E-state index is 5.15. The smallest absolute Gasteiger partial charge is 0.0641 e. The summed E-state index contributed by atoms with van der Waals surface area (Å²) in [5, 5.41) is 4.61. The molecule has 0 aromatic carbocycles. The molecular weight excluding hydrogens is 252 g/mol. The summed E-state index contributed by atoms with van der Waals surface area (Å²) in [6.45, 7) is 14.9. The number of hydrogen-bond acceptors (Lipinski definition) is 4. The van der Waals surface area contributed by atoms with Crippen molar-refractivity contribution >= 4 is 0 Å². The maximum Gasteiger partial charge on any atom is 0.0641 e. The highest BCUT2D eigenvalue weighted by molar-refractivity contribution is 5.24. The molecular formula is C15H28N4O. The van der Waals surface area contributed by atoms with Gasteiger partial charge in [-0.3, -0.25) is 14.5 Å². The predicted molar refractivity (Wildman–Crippen MR) is 81.0 cm³/mol. The molecule has 5 heteroatoms. The van der Waals surface area contributed by atoms with E-state index in [1.165, 1.54) is 17.0 Å². The first kappa shape index (κ1) is 15.5. The molecule has 0 spiro atoms. The van der Waals surface area contributed by atoms with Crippen LogP contribution in [-0.4, -0.2) is 66.0 Å². The standard InChI is InChI=1S/C15H28N4O/c1-5-19-14(3)15(13(2)16-19)12-18-8-6-17(7-9-18)10-11-20-4/h5-12H2,1-4H3. The largest absolute Gasteiger partial charge is 0.383 e. The first-order chi connectivity index (χ1) is 9.65. The van der Waals surface area contributed by atoms with Crippen molar-refractivity contribution in [2.45, 2.75) is 33.9 Å². The topological polar surface area (TPSA) is 33.5 Å². The molecule has 1 aromatic heterocycles. The van der Waals surface area contributed by atoms with E-state index in [2.05, 4.69) is 40.4 Å². The molecule has 0 unspecified atom stereocenters. The van der Waals surface area contributed by atoms with Crippen molar-refractivity contribution in [3.8, 4) is 0 Å². The van der Waals surface area contributed by atoms with Crippen LogP contribution in [0.5, 0.6) is 0 Å². The molecule has 0 bridgehead atoms. The summed E-state index contributed by atoms with van der Waals surface area (Å²) in [6.07, 6.45) is 0. The molecule has 1 aliphatic heterocycles. The van der Waals surface area contributed by atoms with Gasteiger partial charge >= 0.3 is 0 Å². The zero-order valence-electron chi connectivity index (χ0n) is 13.4. The maximum atomic E-state index is 5.15. The van der Waals surface area contributed by atoms with Gasteiger partial charge in [-0.1, -0.05) is 0 Å². The molecule has 1 aromatic rings. The lowest BCUT2D eigenvalue weighted by molar-refractivity contribution is 0.0936. The van der Waals surface area contributed by atoms with Crippen LogP contribution in [0, 0.1) is 13.8 Å². The predicted octanol–water partition coefficient (Wildman–Crippen LogP) is 1.28. The Kier molecular flexibility index (Phi) is 5.57. The van der Waals surface area contributed by atoms with E-state index < -0.39 is 0 Å². The van der Waals surface area contributed by atoms with Gasteiger partial charge in [-0.15, -0.1) is 0 Å². The summed E-state index contributed by atoms with van der Waals surface area (Å²) in [5.74, 6) is 0. The number of nitrogens with zero attached hydrogens (tertiary/aromatic N) is 4. The minimum atomic E-state index is 0.835. The van der Waals surface area contributed by atoms with Crippen molar-refractivity contribution in [3.63, 3.8) is 0 Å². The third-order valence-electron chi connectivity index (χ3n) is 4.29. The zero-order valence-corrected chi connectivity index (χ0v) is 13.4. The lowest BCUT2D eigenvalue weighted by atomic mass is 10.1. The molecule has 20 heavy (non-hydrogen) atoms. The summed E-state index contributed by atoms with van der Waals surface area (Å²) in [5.41, 5.74) is 3.93. The van der Waals surface area contributed by atoms with Crippen LogP contribution >= 0.6 is 0 Å². The highest BCUT2D eigenvalue weighted by Gasteiger charge is 2.19. The summed E-state index contributed by atoms with van der Waals surface area (Å²) in [4.78, 5) is 5.02. The van der Waals surface area contributed by atoms with Crippen LogP contribution in [0.1, 0.15) is 23.9 Å². The number of hydrogen-bond donors (Lipinski definition) is 0. The second-order valence-electron chi connectivity index (χ2n) is 5.58. The number of aromatic nitrogens is 2. The molecule has 0 amide bonds. The van der Waals surface area contributed by atoms with Gasteiger partial charge in [0.1, 0.15) is 0 Å². The molecule has 0 N–H and O–H groups in total. The second-order valence-corrected chi connectivity index (χ2v) is 5.58. The van der Waals surface area contributed by atoms with Crippen LogP contribution in [0.2, 0.25) is 0 Å². The molecule has 1 saturated heterocycles. The molecule has 0 atom stereocenters. The van der Waals surface area contributed by atoms with Crippen molar-refractivity contribution in [1.82, 2.24) is 19.6 Å². The lowest BCUT2D eigenvalue weighted by Gasteiger charge is -2.34. The molecule has 0 radical (unpaired) electrons. The Labute approximate surface area is 122 Å². The van der Waals surface area contributed by atoms with Crippen molar-refractivity contribution in [1.29, 1.82) is 0 Å². The van der Waals surface area contributed by atoms with Crippen LogP contribution in [0.3, 0.4) is 0 Å². The zero-order chi connectivity index (χ0) is 14.5. The van der Waals surface area contributed by atoms with E-state index in [4.69, 9.17) is 4.74 Å². The van der Waals surface area contributed by atoms with Crippen LogP contribution in [0.4, 0.5) is 0 Å². The van der Waals surface area contributed by atoms with Crippen LogP contribution in [0.15, 0.2) is 0 Å². The van der Waals surface area contributed by atoms with Crippen LogP contribution < -0.4 is 0 Å². The molecule has 5 nitrogen and oxygen atoms in total. The Morgan fingerprint density at radius 2 is 1.75 bits per heavy atom. The first-order valence-electron chi connectivity index (χ1n) is 7.62. The molecule has 2 heterocycles. The van der Waals surface area contributed by atoms with Crippen molar-refractivity contribution in [3.05, 3.63) is 17.0 Å².